The number of carbonyl (C=O) groups excluding carboxylic acids is 1. The average molecular weight is 450 g/mol. The van der Waals surface area contributed by atoms with Gasteiger partial charge in [0.05, 0.1) is 12.4 Å². The number of hydrogen-bond acceptors (Lipinski definition) is 6. The van der Waals surface area contributed by atoms with Crippen LogP contribution >= 0.6 is 11.8 Å². The van der Waals surface area contributed by atoms with Crippen molar-refractivity contribution in [2.45, 2.75) is 31.2 Å². The van der Waals surface area contributed by atoms with E-state index in [0.29, 0.717) is 16.6 Å². The summed E-state index contributed by atoms with van der Waals surface area (Å²) < 4.78 is 8.29. The van der Waals surface area contributed by atoms with Gasteiger partial charge in [0.1, 0.15) is 5.75 Å². The Kier molecular flexibility index (Phi) is 6.00. The number of hydrogen-bond donors (Lipinski definition) is 1. The normalized spacial score (nSPS) is 12.0. The average Bonchev–Trinajstić information content (AvgIpc) is 3.20. The van der Waals surface area contributed by atoms with Crippen molar-refractivity contribution < 1.29 is 9.53 Å². The lowest BCUT2D eigenvalue weighted by Crippen LogP contribution is -2.23. The first-order valence-corrected chi connectivity index (χ1v) is 10.9. The fraction of sp³-hybridized carbons (Fsp3) is 0.217. The van der Waals surface area contributed by atoms with Crippen molar-refractivity contribution in [3.63, 3.8) is 0 Å². The third kappa shape index (κ3) is 4.24. The van der Waals surface area contributed by atoms with E-state index in [9.17, 15) is 9.59 Å². The molecule has 0 bridgehead atoms. The van der Waals surface area contributed by atoms with Crippen LogP contribution in [0.1, 0.15) is 18.1 Å². The van der Waals surface area contributed by atoms with Crippen LogP contribution in [-0.4, -0.2) is 37.4 Å². The fourth-order valence-electron chi connectivity index (χ4n) is 3.16. The third-order valence-electron chi connectivity index (χ3n) is 5.22. The molecule has 0 saturated carbocycles. The third-order valence-corrected chi connectivity index (χ3v) is 6.27. The molecule has 0 radical (unpaired) electrons. The molecule has 2 aromatic heterocycles. The molecule has 2 heterocycles. The van der Waals surface area contributed by atoms with Gasteiger partial charge in [0.2, 0.25) is 11.6 Å². The highest BCUT2D eigenvalue weighted by atomic mass is 32.2. The van der Waals surface area contributed by atoms with Crippen LogP contribution in [0, 0.1) is 13.8 Å². The topological polar surface area (TPSA) is 90.5 Å². The number of ether oxygens (including phenoxy) is 1. The Hall–Kier alpha value is -3.59. The molecule has 2 aromatic carbocycles. The van der Waals surface area contributed by atoms with Crippen molar-refractivity contribution in [1.29, 1.82) is 0 Å². The van der Waals surface area contributed by atoms with Crippen molar-refractivity contribution >= 4 is 29.0 Å². The standard InChI is InChI=1S/C23H23N5O3S/c1-14-5-8-18(13-15(14)2)27-11-12-28-20(22(27)30)25-26-23(28)32-16(3)21(29)24-17-6-9-19(31-4)10-7-17/h5-13,16H,1-4H3,(H,24,29)/t16-/m1/s1. The zero-order chi connectivity index (χ0) is 22.8. The van der Waals surface area contributed by atoms with Crippen molar-refractivity contribution in [2.24, 2.45) is 0 Å². The van der Waals surface area contributed by atoms with Gasteiger partial charge in [0, 0.05) is 23.8 Å². The van der Waals surface area contributed by atoms with Crippen LogP contribution in [0.4, 0.5) is 5.69 Å². The van der Waals surface area contributed by atoms with Crippen molar-refractivity contribution in [2.75, 3.05) is 12.4 Å². The number of rotatable bonds is 6. The highest BCUT2D eigenvalue weighted by Gasteiger charge is 2.19. The van der Waals surface area contributed by atoms with E-state index in [4.69, 9.17) is 4.74 Å². The summed E-state index contributed by atoms with van der Waals surface area (Å²) in [7, 11) is 1.59. The van der Waals surface area contributed by atoms with Gasteiger partial charge >= 0.3 is 5.56 Å². The van der Waals surface area contributed by atoms with E-state index in [1.807, 2.05) is 32.0 Å². The zero-order valence-corrected chi connectivity index (χ0v) is 19.0. The molecule has 0 fully saturated rings. The summed E-state index contributed by atoms with van der Waals surface area (Å²) in [5.41, 5.74) is 3.63. The van der Waals surface area contributed by atoms with Gasteiger partial charge in [-0.3, -0.25) is 18.6 Å². The predicted octanol–water partition coefficient (Wildman–Crippen LogP) is 3.62. The van der Waals surface area contributed by atoms with E-state index in [1.165, 1.54) is 11.8 Å². The summed E-state index contributed by atoms with van der Waals surface area (Å²) >= 11 is 1.23. The molecule has 0 saturated heterocycles. The molecule has 0 aliphatic carbocycles. The highest BCUT2D eigenvalue weighted by molar-refractivity contribution is 8.00. The first kappa shape index (κ1) is 21.6. The molecule has 32 heavy (non-hydrogen) atoms. The number of thioether (sulfide) groups is 1. The molecule has 9 heteroatoms. The van der Waals surface area contributed by atoms with E-state index >= 15 is 0 Å². The number of anilines is 1. The second kappa shape index (κ2) is 8.88. The van der Waals surface area contributed by atoms with E-state index < -0.39 is 5.25 Å². The molecule has 0 spiro atoms. The van der Waals surface area contributed by atoms with E-state index in [1.54, 1.807) is 59.7 Å². The summed E-state index contributed by atoms with van der Waals surface area (Å²) in [4.78, 5) is 25.6. The second-order valence-electron chi connectivity index (χ2n) is 7.40. The number of amides is 1. The maximum absolute atomic E-state index is 13.0. The lowest BCUT2D eigenvalue weighted by molar-refractivity contribution is -0.115. The number of nitrogens with zero attached hydrogens (tertiary/aromatic N) is 4. The molecule has 8 nitrogen and oxygen atoms in total. The van der Waals surface area contributed by atoms with Crippen molar-refractivity contribution in [3.05, 3.63) is 76.3 Å². The number of nitrogens with one attached hydrogen (secondary N) is 1. The summed E-state index contributed by atoms with van der Waals surface area (Å²) in [5.74, 6) is 0.534. The zero-order valence-electron chi connectivity index (χ0n) is 18.2. The quantitative estimate of drug-likeness (QED) is 0.452. The lowest BCUT2D eigenvalue weighted by Gasteiger charge is -2.12. The van der Waals surface area contributed by atoms with Crippen LogP contribution in [0.5, 0.6) is 5.75 Å². The monoisotopic (exact) mass is 449 g/mol. The van der Waals surface area contributed by atoms with Crippen molar-refractivity contribution in [3.8, 4) is 11.4 Å². The number of aryl methyl sites for hydroxylation is 2. The first-order chi connectivity index (χ1) is 15.4. The molecule has 4 rings (SSSR count). The Morgan fingerprint density at radius 1 is 1.06 bits per heavy atom. The molecule has 4 aromatic rings. The molecule has 1 N–H and O–H groups in total. The second-order valence-corrected chi connectivity index (χ2v) is 8.70. The van der Waals surface area contributed by atoms with E-state index in [0.717, 1.165) is 16.8 Å². The minimum Gasteiger partial charge on any atom is -0.497 e. The van der Waals surface area contributed by atoms with Crippen LogP contribution in [0.2, 0.25) is 0 Å². The molecule has 164 valence electrons. The van der Waals surface area contributed by atoms with Gasteiger partial charge in [-0.1, -0.05) is 17.8 Å². The molecule has 0 aliphatic rings. The number of aromatic nitrogens is 4. The maximum atomic E-state index is 13.0. The summed E-state index contributed by atoms with van der Waals surface area (Å²) in [6.07, 6.45) is 3.43. The smallest absolute Gasteiger partial charge is 0.300 e. The number of fused-ring (bicyclic) bond motifs is 1. The van der Waals surface area contributed by atoms with Gasteiger partial charge in [-0.15, -0.1) is 10.2 Å². The summed E-state index contributed by atoms with van der Waals surface area (Å²) in [5, 5.41) is 11.1. The Labute approximate surface area is 189 Å². The van der Waals surface area contributed by atoms with Gasteiger partial charge in [-0.25, -0.2) is 0 Å². The minimum absolute atomic E-state index is 0.180. The molecular weight excluding hydrogens is 426 g/mol. The molecule has 1 amide bonds. The highest BCUT2D eigenvalue weighted by Crippen LogP contribution is 2.23. The van der Waals surface area contributed by atoms with Gasteiger partial charge in [0.25, 0.3) is 0 Å². The van der Waals surface area contributed by atoms with E-state index in [-0.39, 0.29) is 17.1 Å². The van der Waals surface area contributed by atoms with Crippen LogP contribution in [0.25, 0.3) is 11.3 Å². The number of benzene rings is 2. The number of carbonyl (C=O) groups is 1. The Balaban J connectivity index is 1.54. The van der Waals surface area contributed by atoms with Gasteiger partial charge in [-0.2, -0.15) is 0 Å². The Morgan fingerprint density at radius 2 is 1.81 bits per heavy atom. The van der Waals surface area contributed by atoms with Gasteiger partial charge < -0.3 is 10.1 Å². The molecule has 1 atom stereocenters. The van der Waals surface area contributed by atoms with Crippen LogP contribution in [-0.2, 0) is 4.79 Å². The molecule has 0 aliphatic heterocycles. The van der Waals surface area contributed by atoms with E-state index in [2.05, 4.69) is 15.5 Å². The van der Waals surface area contributed by atoms with Crippen LogP contribution < -0.4 is 15.6 Å². The molecular formula is C23H23N5O3S. The predicted molar refractivity (Wildman–Crippen MR) is 125 cm³/mol. The fourth-order valence-corrected chi connectivity index (χ4v) is 3.99. The Bertz CT molecular complexity index is 1340. The minimum atomic E-state index is -0.452. The number of methoxy groups -OCH3 is 1. The first-order valence-electron chi connectivity index (χ1n) is 10.0. The van der Waals surface area contributed by atoms with Gasteiger partial charge in [0.15, 0.2) is 5.16 Å². The maximum Gasteiger partial charge on any atom is 0.300 e. The SMILES string of the molecule is COc1ccc(NC(=O)[C@@H](C)Sc2nnc3c(=O)n(-c4ccc(C)c(C)c4)ccn23)cc1. The lowest BCUT2D eigenvalue weighted by atomic mass is 10.1. The summed E-state index contributed by atoms with van der Waals surface area (Å²) in [6.45, 7) is 5.81. The van der Waals surface area contributed by atoms with Crippen LogP contribution in [0.15, 0.2) is 64.8 Å². The van der Waals surface area contributed by atoms with Crippen molar-refractivity contribution in [1.82, 2.24) is 19.2 Å². The summed E-state index contributed by atoms with van der Waals surface area (Å²) in [6, 6.07) is 12.9. The Morgan fingerprint density at radius 3 is 2.50 bits per heavy atom. The van der Waals surface area contributed by atoms with Crippen LogP contribution in [0.3, 0.4) is 0 Å². The van der Waals surface area contributed by atoms with Gasteiger partial charge in [-0.05, 0) is 68.3 Å². The molecule has 0 unspecified atom stereocenters. The largest absolute Gasteiger partial charge is 0.497 e.